The van der Waals surface area contributed by atoms with Crippen molar-refractivity contribution in [3.63, 3.8) is 0 Å². The summed E-state index contributed by atoms with van der Waals surface area (Å²) in [7, 11) is 0. The fourth-order valence-electron chi connectivity index (χ4n) is 3.26. The monoisotopic (exact) mass is 335 g/mol. The van der Waals surface area contributed by atoms with Crippen LogP contribution in [-0.4, -0.2) is 35.4 Å². The highest BCUT2D eigenvalue weighted by Gasteiger charge is 2.16. The van der Waals surface area contributed by atoms with Gasteiger partial charge in [0.2, 0.25) is 5.91 Å². The summed E-state index contributed by atoms with van der Waals surface area (Å²) in [5, 5.41) is 3.87. The lowest BCUT2D eigenvalue weighted by molar-refractivity contribution is -0.124. The van der Waals surface area contributed by atoms with Crippen LogP contribution < -0.4 is 5.32 Å². The normalized spacial score (nSPS) is 15.3. The van der Waals surface area contributed by atoms with Crippen molar-refractivity contribution in [1.29, 1.82) is 0 Å². The van der Waals surface area contributed by atoms with Gasteiger partial charge in [0.25, 0.3) is 0 Å². The number of nitrogens with zero attached hydrogens (tertiary/aromatic N) is 2. The molecule has 1 amide bonds. The predicted molar refractivity (Wildman–Crippen MR) is 95.4 cm³/mol. The molecule has 1 N–H and O–H groups in total. The number of piperazine rings is 1. The van der Waals surface area contributed by atoms with Crippen LogP contribution in [0.15, 0.2) is 54.7 Å². The minimum atomic E-state index is -0.241. The molecule has 4 nitrogen and oxygen atoms in total. The van der Waals surface area contributed by atoms with Crippen molar-refractivity contribution in [3.8, 4) is 11.1 Å². The van der Waals surface area contributed by atoms with Gasteiger partial charge in [0.1, 0.15) is 5.82 Å². The molecule has 0 atom stereocenters. The van der Waals surface area contributed by atoms with E-state index in [-0.39, 0.29) is 11.7 Å². The second-order valence-corrected chi connectivity index (χ2v) is 6.28. The lowest BCUT2D eigenvalue weighted by atomic mass is 10.00. The standard InChI is InChI=1S/C20H18FN3O/c21-16-4-2-15(3-5-16)17-7-8-22-19-11-14(1-6-18(17)19)12-24-10-9-23-20(25)13-24/h1-8,11H,9-10,12-13H2,(H,23,25). The van der Waals surface area contributed by atoms with Crippen LogP contribution in [0.4, 0.5) is 4.39 Å². The van der Waals surface area contributed by atoms with Gasteiger partial charge in [-0.3, -0.25) is 14.7 Å². The fourth-order valence-corrected chi connectivity index (χ4v) is 3.26. The molecular formula is C20H18FN3O. The van der Waals surface area contributed by atoms with Gasteiger partial charge in [-0.15, -0.1) is 0 Å². The molecule has 4 rings (SSSR count). The average Bonchev–Trinajstić information content (AvgIpc) is 2.62. The molecular weight excluding hydrogens is 317 g/mol. The van der Waals surface area contributed by atoms with Gasteiger partial charge < -0.3 is 5.32 Å². The molecule has 0 bridgehead atoms. The third-order valence-corrected chi connectivity index (χ3v) is 4.49. The van der Waals surface area contributed by atoms with E-state index in [1.165, 1.54) is 12.1 Å². The Balaban J connectivity index is 1.65. The van der Waals surface area contributed by atoms with Crippen LogP contribution in [0.1, 0.15) is 5.56 Å². The van der Waals surface area contributed by atoms with Crippen molar-refractivity contribution in [2.45, 2.75) is 6.54 Å². The minimum absolute atomic E-state index is 0.0729. The lowest BCUT2D eigenvalue weighted by Crippen LogP contribution is -2.47. The van der Waals surface area contributed by atoms with E-state index >= 15 is 0 Å². The summed E-state index contributed by atoms with van der Waals surface area (Å²) in [5.41, 5.74) is 4.04. The summed E-state index contributed by atoms with van der Waals surface area (Å²) < 4.78 is 13.2. The van der Waals surface area contributed by atoms with Gasteiger partial charge in [-0.1, -0.05) is 24.3 Å². The summed E-state index contributed by atoms with van der Waals surface area (Å²) in [5.74, 6) is -0.168. The van der Waals surface area contributed by atoms with Crippen LogP contribution in [-0.2, 0) is 11.3 Å². The van der Waals surface area contributed by atoms with Gasteiger partial charge >= 0.3 is 0 Å². The molecule has 0 unspecified atom stereocenters. The fraction of sp³-hybridized carbons (Fsp3) is 0.200. The van der Waals surface area contributed by atoms with E-state index < -0.39 is 0 Å². The third kappa shape index (κ3) is 3.37. The van der Waals surface area contributed by atoms with Crippen LogP contribution in [0.2, 0.25) is 0 Å². The molecule has 0 aliphatic carbocycles. The van der Waals surface area contributed by atoms with E-state index in [9.17, 15) is 9.18 Å². The largest absolute Gasteiger partial charge is 0.354 e. The number of benzene rings is 2. The maximum Gasteiger partial charge on any atom is 0.234 e. The van der Waals surface area contributed by atoms with Crippen molar-refractivity contribution >= 4 is 16.8 Å². The zero-order valence-corrected chi connectivity index (χ0v) is 13.7. The van der Waals surface area contributed by atoms with Crippen LogP contribution in [0.3, 0.4) is 0 Å². The van der Waals surface area contributed by atoms with Crippen molar-refractivity contribution in [3.05, 3.63) is 66.1 Å². The number of carbonyl (C=O) groups excluding carboxylic acids is 1. The van der Waals surface area contributed by atoms with Gasteiger partial charge in [0.15, 0.2) is 0 Å². The molecule has 1 fully saturated rings. The van der Waals surface area contributed by atoms with Gasteiger partial charge in [-0.05, 0) is 41.0 Å². The first-order valence-electron chi connectivity index (χ1n) is 8.32. The topological polar surface area (TPSA) is 45.2 Å². The Kier molecular flexibility index (Phi) is 4.15. The number of hydrogen-bond acceptors (Lipinski definition) is 3. The Labute approximate surface area is 145 Å². The maximum absolute atomic E-state index is 13.2. The van der Waals surface area contributed by atoms with Crippen LogP contribution in [0.25, 0.3) is 22.0 Å². The summed E-state index contributed by atoms with van der Waals surface area (Å²) in [6.07, 6.45) is 1.78. The zero-order valence-electron chi connectivity index (χ0n) is 13.7. The number of fused-ring (bicyclic) bond motifs is 1. The van der Waals surface area contributed by atoms with E-state index in [0.29, 0.717) is 13.1 Å². The highest BCUT2D eigenvalue weighted by atomic mass is 19.1. The Morgan fingerprint density at radius 1 is 1.12 bits per heavy atom. The first-order valence-corrected chi connectivity index (χ1v) is 8.32. The molecule has 5 heteroatoms. The molecule has 0 saturated carbocycles. The molecule has 1 saturated heterocycles. The molecule has 25 heavy (non-hydrogen) atoms. The zero-order chi connectivity index (χ0) is 17.2. The molecule has 2 aromatic carbocycles. The van der Waals surface area contributed by atoms with Crippen molar-refractivity contribution < 1.29 is 9.18 Å². The van der Waals surface area contributed by atoms with Crippen molar-refractivity contribution in [1.82, 2.24) is 15.2 Å². The summed E-state index contributed by atoms with van der Waals surface area (Å²) in [6, 6.07) is 14.6. The van der Waals surface area contributed by atoms with Gasteiger partial charge in [-0.2, -0.15) is 0 Å². The van der Waals surface area contributed by atoms with E-state index in [0.717, 1.165) is 40.7 Å². The summed E-state index contributed by atoms with van der Waals surface area (Å²) in [6.45, 7) is 2.71. The van der Waals surface area contributed by atoms with Crippen LogP contribution >= 0.6 is 0 Å². The highest BCUT2D eigenvalue weighted by Crippen LogP contribution is 2.28. The minimum Gasteiger partial charge on any atom is -0.354 e. The summed E-state index contributed by atoms with van der Waals surface area (Å²) in [4.78, 5) is 18.1. The Morgan fingerprint density at radius 3 is 2.76 bits per heavy atom. The van der Waals surface area contributed by atoms with E-state index in [2.05, 4.69) is 33.4 Å². The van der Waals surface area contributed by atoms with E-state index in [4.69, 9.17) is 0 Å². The number of carbonyl (C=O) groups is 1. The van der Waals surface area contributed by atoms with Crippen molar-refractivity contribution in [2.24, 2.45) is 0 Å². The third-order valence-electron chi connectivity index (χ3n) is 4.49. The smallest absolute Gasteiger partial charge is 0.234 e. The first-order chi connectivity index (χ1) is 12.2. The number of rotatable bonds is 3. The van der Waals surface area contributed by atoms with Gasteiger partial charge in [0, 0.05) is 31.2 Å². The quantitative estimate of drug-likeness (QED) is 0.800. The first kappa shape index (κ1) is 15.7. The number of aromatic nitrogens is 1. The Hall–Kier alpha value is -2.79. The average molecular weight is 335 g/mol. The van der Waals surface area contributed by atoms with Crippen molar-refractivity contribution in [2.75, 3.05) is 19.6 Å². The van der Waals surface area contributed by atoms with E-state index in [1.54, 1.807) is 18.3 Å². The molecule has 126 valence electrons. The molecule has 1 aromatic heterocycles. The Morgan fingerprint density at radius 2 is 1.96 bits per heavy atom. The number of pyridine rings is 1. The van der Waals surface area contributed by atoms with Gasteiger partial charge in [0.05, 0.1) is 12.1 Å². The van der Waals surface area contributed by atoms with Gasteiger partial charge in [-0.25, -0.2) is 4.39 Å². The molecule has 1 aliphatic heterocycles. The SMILES string of the molecule is O=C1CN(Cc2ccc3c(-c4ccc(F)cc4)ccnc3c2)CCN1. The number of hydrogen-bond donors (Lipinski definition) is 1. The molecule has 2 heterocycles. The van der Waals surface area contributed by atoms with Crippen LogP contribution in [0.5, 0.6) is 0 Å². The molecule has 3 aromatic rings. The number of halogens is 1. The molecule has 0 spiro atoms. The highest BCUT2D eigenvalue weighted by molar-refractivity contribution is 5.94. The predicted octanol–water partition coefficient (Wildman–Crippen LogP) is 2.97. The molecule has 0 radical (unpaired) electrons. The van der Waals surface area contributed by atoms with Crippen LogP contribution in [0, 0.1) is 5.82 Å². The summed E-state index contributed by atoms with van der Waals surface area (Å²) >= 11 is 0. The second kappa shape index (κ2) is 6.61. The number of nitrogens with one attached hydrogen (secondary N) is 1. The molecule has 1 aliphatic rings. The number of amides is 1. The lowest BCUT2D eigenvalue weighted by Gasteiger charge is -2.26. The second-order valence-electron chi connectivity index (χ2n) is 6.28. The van der Waals surface area contributed by atoms with E-state index in [1.807, 2.05) is 6.07 Å². The Bertz CT molecular complexity index is 924. The maximum atomic E-state index is 13.2.